The van der Waals surface area contributed by atoms with Crippen molar-refractivity contribution >= 4 is 92.0 Å². The van der Waals surface area contributed by atoms with E-state index in [0.29, 0.717) is 17.3 Å². The predicted molar refractivity (Wildman–Crippen MR) is 262 cm³/mol. The van der Waals surface area contributed by atoms with Gasteiger partial charge in [0.15, 0.2) is 0 Å². The number of fused-ring (bicyclic) bond motifs is 1. The van der Waals surface area contributed by atoms with Crippen molar-refractivity contribution in [2.45, 2.75) is 109 Å². The molecule has 30 heteroatoms. The fourth-order valence-corrected chi connectivity index (χ4v) is 15.1. The lowest BCUT2D eigenvalue weighted by molar-refractivity contribution is -0.0303. The standard InChI is InChI=1S/C38H63B6N4O16P4/c1-19-20(2)38(48-14-13-25-36(45-7)46-24(6)47-37(25)48)61-26(19)15-56-67(11,51)64-68(12,52)57-18-29-32(23(5)35(60-29)44(41)42)63-66(10,50)55-17-28-31(22(4)34(43-40)59-28)62-65(9,49)54-16-27-30(53-8)21(3)33(39)58-27/h13-14,19-23,26-35,38H,15-18H2,1-12H3,(H,45,46,47). The summed E-state index contributed by atoms with van der Waals surface area (Å²) in [6.07, 6.45) is -3.80. The van der Waals surface area contributed by atoms with Crippen LogP contribution in [0.15, 0.2) is 12.3 Å². The summed E-state index contributed by atoms with van der Waals surface area (Å²) in [6, 6.07) is -0.0911. The van der Waals surface area contributed by atoms with Crippen LogP contribution in [0.1, 0.15) is 46.7 Å². The minimum atomic E-state index is -4.12. The normalized spacial score (nSPS) is 37.6. The molecule has 4 fully saturated rings. The fraction of sp³-hybridized carbons (Fsp3) is 0.842. The van der Waals surface area contributed by atoms with Gasteiger partial charge in [-0.2, -0.15) is 0 Å². The molecule has 0 saturated carbocycles. The molecule has 20 nitrogen and oxygen atoms in total. The predicted octanol–water partition coefficient (Wildman–Crippen LogP) is 4.56. The molecule has 20 atom stereocenters. The fourth-order valence-electron chi connectivity index (χ4n) is 9.27. The lowest BCUT2D eigenvalue weighted by atomic mass is 9.16. The van der Waals surface area contributed by atoms with Crippen LogP contribution in [0.25, 0.3) is 11.0 Å². The quantitative estimate of drug-likeness (QED) is 0.119. The third-order valence-corrected chi connectivity index (χ3v) is 19.3. The summed E-state index contributed by atoms with van der Waals surface area (Å²) in [5, 5.41) is 3.95. The van der Waals surface area contributed by atoms with E-state index in [0.717, 1.165) is 12.1 Å². The molecule has 2 aromatic rings. The van der Waals surface area contributed by atoms with Gasteiger partial charge >= 0.3 is 30.4 Å². The summed E-state index contributed by atoms with van der Waals surface area (Å²) < 4.78 is 128. The first-order chi connectivity index (χ1) is 31.7. The lowest BCUT2D eigenvalue weighted by Crippen LogP contribution is -2.38. The van der Waals surface area contributed by atoms with Crippen molar-refractivity contribution in [3.63, 3.8) is 0 Å². The molecule has 1 N–H and O–H groups in total. The molecule has 68 heavy (non-hydrogen) atoms. The van der Waals surface area contributed by atoms with E-state index in [4.69, 9.17) is 86.2 Å². The van der Waals surface area contributed by atoms with Crippen molar-refractivity contribution in [2.24, 2.45) is 29.6 Å². The number of methoxy groups -OCH3 is 1. The first-order valence-corrected chi connectivity index (χ1v) is 30.6. The van der Waals surface area contributed by atoms with E-state index < -0.39 is 116 Å². The highest BCUT2D eigenvalue weighted by Gasteiger charge is 2.50. The highest BCUT2D eigenvalue weighted by molar-refractivity contribution is 7.66. The minimum Gasteiger partial charge on any atom is -0.379 e. The maximum Gasteiger partial charge on any atom is 0.334 e. The molecule has 6 rings (SSSR count). The Balaban J connectivity index is 1.04. The largest absolute Gasteiger partial charge is 0.379 e. The maximum atomic E-state index is 14.1. The Hall–Kier alpha value is -0.750. The van der Waals surface area contributed by atoms with Gasteiger partial charge in [0.2, 0.25) is 0 Å². The Morgan fingerprint density at radius 3 is 1.79 bits per heavy atom. The molecule has 2 aromatic heterocycles. The van der Waals surface area contributed by atoms with Crippen LogP contribution in [0.3, 0.4) is 0 Å². The smallest absolute Gasteiger partial charge is 0.334 e. The molecule has 0 amide bonds. The van der Waals surface area contributed by atoms with Crippen LogP contribution in [-0.4, -0.2) is 187 Å². The third-order valence-electron chi connectivity index (χ3n) is 13.2. The molecule has 6 heterocycles. The molecule has 0 aromatic carbocycles. The zero-order valence-corrected chi connectivity index (χ0v) is 44.4. The van der Waals surface area contributed by atoms with Crippen LogP contribution in [0, 0.1) is 36.5 Å². The Morgan fingerprint density at radius 2 is 1.25 bits per heavy atom. The first kappa shape index (κ1) is 56.5. The SMILES string of the molecule is [B][B]C1OC(COP(C)(=O)OC2C(COP(C)(=O)OP(C)(=O)OCC3OC(n4ccc5c(NC)nc(C)nc54)C(C)C3C)OC(B([B])[B])C2C)C(OP(C)(=O)OCC2OC([B])C(C)C2OC)C1C. The minimum absolute atomic E-state index is 0.00977. The number of rotatable bonds is 23. The highest BCUT2D eigenvalue weighted by atomic mass is 31.3. The van der Waals surface area contributed by atoms with Gasteiger partial charge in [-0.05, 0) is 18.9 Å². The summed E-state index contributed by atoms with van der Waals surface area (Å²) in [5.41, 5.74) is 0.710. The van der Waals surface area contributed by atoms with Crippen LogP contribution < -0.4 is 5.32 Å². The molecule has 0 bridgehead atoms. The second-order valence-electron chi connectivity index (χ2n) is 18.6. The molecule has 369 valence electrons. The van der Waals surface area contributed by atoms with E-state index in [1.165, 1.54) is 34.3 Å². The van der Waals surface area contributed by atoms with Crippen LogP contribution >= 0.6 is 30.4 Å². The molecule has 9 radical (unpaired) electrons. The number of hydrogen-bond donors (Lipinski definition) is 1. The average molecular weight is 1020 g/mol. The number of aryl methyl sites for hydroxylation is 1. The van der Waals surface area contributed by atoms with Crippen LogP contribution in [-0.2, 0) is 73.4 Å². The number of nitrogens with zero attached hydrogens (tertiary/aromatic N) is 3. The van der Waals surface area contributed by atoms with Gasteiger partial charge in [-0.1, -0.05) is 34.6 Å². The van der Waals surface area contributed by atoms with Crippen molar-refractivity contribution in [2.75, 3.05) is 72.6 Å². The van der Waals surface area contributed by atoms with Crippen LogP contribution in [0.2, 0.25) is 0 Å². The molecule has 20 unspecified atom stereocenters. The number of hydrogen-bond acceptors (Lipinski definition) is 19. The Bertz CT molecular complexity index is 2240. The number of ether oxygens (including phenoxy) is 5. The van der Waals surface area contributed by atoms with E-state index in [1.54, 1.807) is 20.9 Å². The van der Waals surface area contributed by atoms with E-state index in [2.05, 4.69) is 22.2 Å². The summed E-state index contributed by atoms with van der Waals surface area (Å²) >= 11 is 0. The lowest BCUT2D eigenvalue weighted by Gasteiger charge is -2.29. The van der Waals surface area contributed by atoms with Crippen molar-refractivity contribution in [1.82, 2.24) is 14.5 Å². The Kier molecular flexibility index (Phi) is 19.0. The summed E-state index contributed by atoms with van der Waals surface area (Å²) in [4.78, 5) is 9.13. The number of aromatic nitrogens is 3. The van der Waals surface area contributed by atoms with Gasteiger partial charge in [0.05, 0.1) is 69.9 Å². The summed E-state index contributed by atoms with van der Waals surface area (Å²) in [7, 11) is 12.8. The van der Waals surface area contributed by atoms with E-state index in [9.17, 15) is 18.3 Å². The molecule has 4 aliphatic rings. The number of anilines is 1. The molecule has 0 aliphatic carbocycles. The summed E-state index contributed by atoms with van der Waals surface area (Å²) in [6.45, 7) is 14.2. The van der Waals surface area contributed by atoms with Crippen molar-refractivity contribution in [1.29, 1.82) is 0 Å². The Morgan fingerprint density at radius 1 is 0.721 bits per heavy atom. The van der Waals surface area contributed by atoms with E-state index >= 15 is 0 Å². The van der Waals surface area contributed by atoms with Gasteiger partial charge in [-0.25, -0.2) is 14.3 Å². The van der Waals surface area contributed by atoms with Gasteiger partial charge in [-0.3, -0.25) is 18.3 Å². The molecular formula is C38H63B6N4O16P4. The number of nitrogens with one attached hydrogen (secondary N) is 1. The maximum absolute atomic E-state index is 14.1. The zero-order valence-electron chi connectivity index (χ0n) is 40.8. The zero-order chi connectivity index (χ0) is 50.3. The molecule has 4 aliphatic heterocycles. The second-order valence-corrected chi connectivity index (χ2v) is 26.8. The topological polar surface area (TPSA) is 222 Å². The van der Waals surface area contributed by atoms with Gasteiger partial charge in [0, 0.05) is 112 Å². The van der Waals surface area contributed by atoms with Crippen LogP contribution in [0.5, 0.6) is 0 Å². The monoisotopic (exact) mass is 1020 g/mol. The van der Waals surface area contributed by atoms with Gasteiger partial charge < -0.3 is 60.7 Å². The van der Waals surface area contributed by atoms with E-state index in [-0.39, 0.29) is 43.7 Å². The van der Waals surface area contributed by atoms with E-state index in [1.807, 2.05) is 37.6 Å². The first-order valence-electron chi connectivity index (χ1n) is 22.7. The van der Waals surface area contributed by atoms with Crippen molar-refractivity contribution < 1.29 is 73.4 Å². The molecule has 4 saturated heterocycles. The average Bonchev–Trinajstić information content (AvgIpc) is 4.03. The van der Waals surface area contributed by atoms with Crippen molar-refractivity contribution in [3.8, 4) is 0 Å². The van der Waals surface area contributed by atoms with Gasteiger partial charge in [0.1, 0.15) is 49.7 Å². The summed E-state index contributed by atoms with van der Waals surface area (Å²) in [5.74, 6) is 0.169. The second kappa shape index (κ2) is 22.8. The van der Waals surface area contributed by atoms with Crippen LogP contribution in [0.4, 0.5) is 5.82 Å². The molecular weight excluding hydrogens is 957 g/mol. The van der Waals surface area contributed by atoms with Crippen molar-refractivity contribution in [3.05, 3.63) is 18.1 Å². The highest BCUT2D eigenvalue weighted by Crippen LogP contribution is 2.62. The Labute approximate surface area is 407 Å². The molecule has 0 spiro atoms. The van der Waals surface area contributed by atoms with Gasteiger partial charge in [-0.15, -0.1) is 0 Å². The third kappa shape index (κ3) is 13.3. The van der Waals surface area contributed by atoms with Gasteiger partial charge in [0.25, 0.3) is 0 Å².